The molecule has 2 N–H and O–H groups in total. The minimum atomic E-state index is -0.955. The zero-order chi connectivity index (χ0) is 11.4. The van der Waals surface area contributed by atoms with Gasteiger partial charge >= 0.3 is 5.97 Å². The second kappa shape index (κ2) is 5.11. The van der Waals surface area contributed by atoms with Crippen molar-refractivity contribution in [3.05, 3.63) is 0 Å². The molecule has 0 aromatic carbocycles. The lowest BCUT2D eigenvalue weighted by atomic mass is 9.98. The SMILES string of the molecule is CC(C)N(CC(=O)O)C(=O)CC1CNC1. The second-order valence-corrected chi connectivity index (χ2v) is 4.24. The van der Waals surface area contributed by atoms with Gasteiger partial charge in [0.2, 0.25) is 5.91 Å². The lowest BCUT2D eigenvalue weighted by Gasteiger charge is -2.31. The largest absolute Gasteiger partial charge is 0.480 e. The summed E-state index contributed by atoms with van der Waals surface area (Å²) in [5.74, 6) is -0.629. The topological polar surface area (TPSA) is 69.6 Å². The molecule has 0 radical (unpaired) electrons. The fraction of sp³-hybridized carbons (Fsp3) is 0.800. The van der Waals surface area contributed by atoms with E-state index in [1.807, 2.05) is 13.8 Å². The maximum absolute atomic E-state index is 11.8. The molecule has 1 aliphatic heterocycles. The lowest BCUT2D eigenvalue weighted by molar-refractivity contribution is -0.146. The van der Waals surface area contributed by atoms with E-state index in [1.165, 1.54) is 4.90 Å². The Labute approximate surface area is 89.4 Å². The van der Waals surface area contributed by atoms with Gasteiger partial charge in [-0.1, -0.05) is 0 Å². The van der Waals surface area contributed by atoms with Gasteiger partial charge < -0.3 is 15.3 Å². The van der Waals surface area contributed by atoms with Crippen molar-refractivity contribution >= 4 is 11.9 Å². The minimum absolute atomic E-state index is 0.0540. The zero-order valence-electron chi connectivity index (χ0n) is 9.19. The van der Waals surface area contributed by atoms with Crippen LogP contribution in [0.5, 0.6) is 0 Å². The van der Waals surface area contributed by atoms with Crippen molar-refractivity contribution in [1.29, 1.82) is 0 Å². The van der Waals surface area contributed by atoms with Crippen LogP contribution in [0, 0.1) is 5.92 Å². The van der Waals surface area contributed by atoms with E-state index in [0.717, 1.165) is 13.1 Å². The van der Waals surface area contributed by atoms with Crippen LogP contribution < -0.4 is 5.32 Å². The monoisotopic (exact) mass is 214 g/mol. The number of nitrogens with one attached hydrogen (secondary N) is 1. The Bertz CT molecular complexity index is 249. The number of amides is 1. The standard InChI is InChI=1S/C10H18N2O3/c1-7(2)12(6-10(14)15)9(13)3-8-4-11-5-8/h7-8,11H,3-6H2,1-2H3,(H,14,15). The first-order valence-corrected chi connectivity index (χ1v) is 5.22. The van der Waals surface area contributed by atoms with Crippen molar-refractivity contribution in [2.45, 2.75) is 26.3 Å². The minimum Gasteiger partial charge on any atom is -0.480 e. The van der Waals surface area contributed by atoms with Crippen LogP contribution in [0.25, 0.3) is 0 Å². The van der Waals surface area contributed by atoms with E-state index in [0.29, 0.717) is 12.3 Å². The number of carbonyl (C=O) groups is 2. The summed E-state index contributed by atoms with van der Waals surface area (Å²) in [4.78, 5) is 23.8. The van der Waals surface area contributed by atoms with Crippen LogP contribution in [0.2, 0.25) is 0 Å². The molecule has 0 aromatic heterocycles. The Balaban J connectivity index is 2.46. The molecule has 0 unspecified atom stereocenters. The Hall–Kier alpha value is -1.10. The summed E-state index contributed by atoms with van der Waals surface area (Å²) >= 11 is 0. The van der Waals surface area contributed by atoms with Gasteiger partial charge in [-0.2, -0.15) is 0 Å². The molecule has 1 fully saturated rings. The summed E-state index contributed by atoms with van der Waals surface area (Å²) in [5.41, 5.74) is 0. The third-order valence-electron chi connectivity index (χ3n) is 2.58. The average molecular weight is 214 g/mol. The number of hydrogen-bond acceptors (Lipinski definition) is 3. The first kappa shape index (κ1) is 12.0. The summed E-state index contributed by atoms with van der Waals surface area (Å²) in [5, 5.41) is 11.8. The first-order chi connectivity index (χ1) is 7.00. The van der Waals surface area contributed by atoms with Gasteiger partial charge in [0.25, 0.3) is 0 Å². The highest BCUT2D eigenvalue weighted by Crippen LogP contribution is 2.12. The Morgan fingerprint density at radius 2 is 2.07 bits per heavy atom. The molecule has 1 amide bonds. The summed E-state index contributed by atoms with van der Waals surface area (Å²) in [6.07, 6.45) is 0.457. The summed E-state index contributed by atoms with van der Waals surface area (Å²) in [7, 11) is 0. The molecule has 0 spiro atoms. The molecular formula is C10H18N2O3. The van der Waals surface area contributed by atoms with E-state index in [1.54, 1.807) is 0 Å². The molecule has 0 aliphatic carbocycles. The molecular weight excluding hydrogens is 196 g/mol. The van der Waals surface area contributed by atoms with Gasteiger partial charge in [-0.3, -0.25) is 9.59 Å². The highest BCUT2D eigenvalue weighted by Gasteiger charge is 2.25. The molecule has 0 aromatic rings. The Morgan fingerprint density at radius 3 is 2.40 bits per heavy atom. The number of hydrogen-bond donors (Lipinski definition) is 2. The van der Waals surface area contributed by atoms with Crippen molar-refractivity contribution in [2.75, 3.05) is 19.6 Å². The van der Waals surface area contributed by atoms with Crippen LogP contribution in [0.15, 0.2) is 0 Å². The van der Waals surface area contributed by atoms with Crippen molar-refractivity contribution in [3.63, 3.8) is 0 Å². The predicted molar refractivity (Wildman–Crippen MR) is 55.5 cm³/mol. The number of carboxylic acid groups (broad SMARTS) is 1. The number of carbonyl (C=O) groups excluding carboxylic acids is 1. The zero-order valence-corrected chi connectivity index (χ0v) is 9.19. The van der Waals surface area contributed by atoms with Gasteiger partial charge in [0.05, 0.1) is 0 Å². The maximum atomic E-state index is 11.8. The van der Waals surface area contributed by atoms with Gasteiger partial charge in [0.15, 0.2) is 0 Å². The Kier molecular flexibility index (Phi) is 4.08. The molecule has 0 saturated carbocycles. The van der Waals surface area contributed by atoms with Gasteiger partial charge in [0.1, 0.15) is 6.54 Å². The van der Waals surface area contributed by atoms with Gasteiger partial charge in [0, 0.05) is 12.5 Å². The summed E-state index contributed by atoms with van der Waals surface area (Å²) < 4.78 is 0. The quantitative estimate of drug-likeness (QED) is 0.671. The lowest BCUT2D eigenvalue weighted by Crippen LogP contribution is -2.47. The molecule has 0 bridgehead atoms. The van der Waals surface area contributed by atoms with Crippen molar-refractivity contribution in [2.24, 2.45) is 5.92 Å². The number of rotatable bonds is 5. The maximum Gasteiger partial charge on any atom is 0.323 e. The first-order valence-electron chi connectivity index (χ1n) is 5.22. The van der Waals surface area contributed by atoms with Crippen LogP contribution in [-0.4, -0.2) is 47.6 Å². The normalized spacial score (nSPS) is 16.2. The highest BCUT2D eigenvalue weighted by atomic mass is 16.4. The number of aliphatic carboxylic acids is 1. The van der Waals surface area contributed by atoms with Crippen molar-refractivity contribution in [3.8, 4) is 0 Å². The fourth-order valence-corrected chi connectivity index (χ4v) is 1.56. The molecule has 86 valence electrons. The van der Waals surface area contributed by atoms with Gasteiger partial charge in [-0.05, 0) is 32.9 Å². The van der Waals surface area contributed by atoms with Crippen LogP contribution >= 0.6 is 0 Å². The molecule has 5 heteroatoms. The third kappa shape index (κ3) is 3.51. The number of carboxylic acids is 1. The molecule has 1 heterocycles. The van der Waals surface area contributed by atoms with Crippen LogP contribution in [0.1, 0.15) is 20.3 Å². The Morgan fingerprint density at radius 1 is 1.47 bits per heavy atom. The molecule has 15 heavy (non-hydrogen) atoms. The number of nitrogens with zero attached hydrogens (tertiary/aromatic N) is 1. The van der Waals surface area contributed by atoms with E-state index >= 15 is 0 Å². The van der Waals surface area contributed by atoms with Crippen LogP contribution in [-0.2, 0) is 9.59 Å². The summed E-state index contributed by atoms with van der Waals surface area (Å²) in [6.45, 7) is 5.20. The van der Waals surface area contributed by atoms with Crippen molar-refractivity contribution in [1.82, 2.24) is 10.2 Å². The fourth-order valence-electron chi connectivity index (χ4n) is 1.56. The smallest absolute Gasteiger partial charge is 0.323 e. The van der Waals surface area contributed by atoms with E-state index < -0.39 is 5.97 Å². The van der Waals surface area contributed by atoms with Crippen LogP contribution in [0.3, 0.4) is 0 Å². The summed E-state index contributed by atoms with van der Waals surface area (Å²) in [6, 6.07) is -0.0540. The molecule has 1 saturated heterocycles. The molecule has 1 rings (SSSR count). The van der Waals surface area contributed by atoms with Gasteiger partial charge in [-0.25, -0.2) is 0 Å². The average Bonchev–Trinajstić information content (AvgIpc) is 2.06. The molecule has 1 aliphatic rings. The molecule has 5 nitrogen and oxygen atoms in total. The molecule has 0 atom stereocenters. The van der Waals surface area contributed by atoms with E-state index in [-0.39, 0.29) is 18.5 Å². The third-order valence-corrected chi connectivity index (χ3v) is 2.58. The second-order valence-electron chi connectivity index (χ2n) is 4.24. The van der Waals surface area contributed by atoms with Crippen molar-refractivity contribution < 1.29 is 14.7 Å². The van der Waals surface area contributed by atoms with Crippen LogP contribution in [0.4, 0.5) is 0 Å². The van der Waals surface area contributed by atoms with E-state index in [9.17, 15) is 9.59 Å². The van der Waals surface area contributed by atoms with Gasteiger partial charge in [-0.15, -0.1) is 0 Å². The predicted octanol–water partition coefficient (Wildman–Crippen LogP) is -0.0825. The van der Waals surface area contributed by atoms with E-state index in [2.05, 4.69) is 5.32 Å². The van der Waals surface area contributed by atoms with E-state index in [4.69, 9.17) is 5.11 Å². The highest BCUT2D eigenvalue weighted by molar-refractivity contribution is 5.81.